The second kappa shape index (κ2) is 15.0. The molecule has 1 atom stereocenters. The molecule has 244 valence electrons. The van der Waals surface area contributed by atoms with Crippen LogP contribution in [-0.2, 0) is 46.4 Å². The van der Waals surface area contributed by atoms with E-state index in [0.717, 1.165) is 19.4 Å². The molecule has 0 fully saturated rings. The molecule has 2 aromatic carbocycles. The molecule has 44 heavy (non-hydrogen) atoms. The van der Waals surface area contributed by atoms with Crippen LogP contribution in [0.15, 0.2) is 40.9 Å². The number of alkyl carbamates (subject to hydrolysis) is 1. The molecule has 0 aliphatic heterocycles. The number of hydrogen-bond acceptors (Lipinski definition) is 9. The van der Waals surface area contributed by atoms with Gasteiger partial charge in [-0.2, -0.15) is 21.6 Å². The molecule has 0 aliphatic carbocycles. The average molecular weight is 716 g/mol. The fourth-order valence-electron chi connectivity index (χ4n) is 3.59. The summed E-state index contributed by atoms with van der Waals surface area (Å²) in [5.41, 5.74) is -1.91. The molecule has 11 nitrogen and oxygen atoms in total. The summed E-state index contributed by atoms with van der Waals surface area (Å²) in [6.07, 6.45) is -6.43. The van der Waals surface area contributed by atoms with E-state index in [1.807, 2.05) is 0 Å². The lowest BCUT2D eigenvalue weighted by Gasteiger charge is -2.28. The first-order valence-electron chi connectivity index (χ1n) is 12.7. The normalized spacial score (nSPS) is 12.7. The van der Waals surface area contributed by atoms with Gasteiger partial charge < -0.3 is 19.5 Å². The monoisotopic (exact) mass is 714 g/mol. The SMILES string of the molecule is COC(=O)CN(C(=O)C(F)(F)F)c1c(OCc2ccccc2)cc(Br)c(C[C@@H](COS(C)(=O)=O)NC(=O)OC(C)(C)C)c1F. The molecule has 1 N–H and O–H groups in total. The number of methoxy groups -OCH3 is 1. The number of esters is 1. The number of carbonyl (C=O) groups excluding carboxylic acids is 3. The van der Waals surface area contributed by atoms with Crippen LogP contribution in [0.3, 0.4) is 0 Å². The highest BCUT2D eigenvalue weighted by Crippen LogP contribution is 2.40. The highest BCUT2D eigenvalue weighted by molar-refractivity contribution is 9.10. The smallest absolute Gasteiger partial charge is 0.471 e. The molecule has 0 spiro atoms. The molecule has 2 aromatic rings. The van der Waals surface area contributed by atoms with Crippen LogP contribution >= 0.6 is 15.9 Å². The molecule has 0 saturated heterocycles. The summed E-state index contributed by atoms with van der Waals surface area (Å²) in [4.78, 5) is 36.9. The van der Waals surface area contributed by atoms with Crippen molar-refractivity contribution in [1.29, 1.82) is 0 Å². The number of ether oxygens (including phenoxy) is 3. The number of alkyl halides is 3. The zero-order chi connectivity index (χ0) is 33.5. The second-order valence-corrected chi connectivity index (χ2v) is 12.8. The fraction of sp³-hybridized carbons (Fsp3) is 0.444. The molecule has 0 aliphatic rings. The number of benzene rings is 2. The number of rotatable bonds is 12. The number of carbonyl (C=O) groups is 3. The van der Waals surface area contributed by atoms with Crippen LogP contribution in [0.2, 0.25) is 0 Å². The van der Waals surface area contributed by atoms with Gasteiger partial charge in [0.2, 0.25) is 0 Å². The topological polar surface area (TPSA) is 138 Å². The van der Waals surface area contributed by atoms with E-state index in [1.54, 1.807) is 51.1 Å². The Kier molecular flexibility index (Phi) is 12.6. The Morgan fingerprint density at radius 1 is 1.09 bits per heavy atom. The third-order valence-electron chi connectivity index (χ3n) is 5.42. The Hall–Kier alpha value is -3.44. The van der Waals surface area contributed by atoms with E-state index in [1.165, 1.54) is 0 Å². The lowest BCUT2D eigenvalue weighted by atomic mass is 10.0. The van der Waals surface area contributed by atoms with Gasteiger partial charge in [-0.3, -0.25) is 18.7 Å². The van der Waals surface area contributed by atoms with Gasteiger partial charge in [-0.15, -0.1) is 0 Å². The van der Waals surface area contributed by atoms with E-state index in [0.29, 0.717) is 5.56 Å². The lowest BCUT2D eigenvalue weighted by molar-refractivity contribution is -0.171. The van der Waals surface area contributed by atoms with Crippen molar-refractivity contribution in [3.8, 4) is 5.75 Å². The average Bonchev–Trinajstić information content (AvgIpc) is 2.89. The molecular formula is C27H31BrF4N2O9S. The number of nitrogens with one attached hydrogen (secondary N) is 1. The van der Waals surface area contributed by atoms with Gasteiger partial charge in [0.05, 0.1) is 26.0 Å². The molecule has 0 saturated carbocycles. The maximum absolute atomic E-state index is 16.4. The third-order valence-corrected chi connectivity index (χ3v) is 6.69. The quantitative estimate of drug-likeness (QED) is 0.189. The number of amides is 2. The van der Waals surface area contributed by atoms with Crippen molar-refractivity contribution in [3.63, 3.8) is 0 Å². The zero-order valence-corrected chi connectivity index (χ0v) is 26.7. The lowest BCUT2D eigenvalue weighted by Crippen LogP contribution is -2.45. The van der Waals surface area contributed by atoms with Gasteiger partial charge in [0, 0.05) is 10.0 Å². The van der Waals surface area contributed by atoms with Crippen molar-refractivity contribution in [2.75, 3.05) is 31.4 Å². The number of nitrogens with zero attached hydrogens (tertiary/aromatic N) is 1. The van der Waals surface area contributed by atoms with Crippen molar-refractivity contribution in [1.82, 2.24) is 5.32 Å². The van der Waals surface area contributed by atoms with Gasteiger partial charge in [0.1, 0.15) is 30.2 Å². The van der Waals surface area contributed by atoms with Crippen molar-refractivity contribution in [2.45, 2.75) is 51.6 Å². The van der Waals surface area contributed by atoms with Crippen molar-refractivity contribution < 1.29 is 58.8 Å². The van der Waals surface area contributed by atoms with Gasteiger partial charge in [0.15, 0.2) is 5.82 Å². The summed E-state index contributed by atoms with van der Waals surface area (Å²) < 4.78 is 101. The Morgan fingerprint density at radius 3 is 2.23 bits per heavy atom. The Labute approximate surface area is 260 Å². The summed E-state index contributed by atoms with van der Waals surface area (Å²) >= 11 is 3.14. The Morgan fingerprint density at radius 2 is 1.70 bits per heavy atom. The maximum atomic E-state index is 16.4. The van der Waals surface area contributed by atoms with Crippen LogP contribution in [0.5, 0.6) is 5.75 Å². The summed E-state index contributed by atoms with van der Waals surface area (Å²) in [5, 5.41) is 2.34. The minimum absolute atomic E-state index is 0.0883. The molecule has 2 amide bonds. The van der Waals surface area contributed by atoms with Crippen molar-refractivity contribution >= 4 is 49.7 Å². The molecule has 0 radical (unpaired) electrons. The van der Waals surface area contributed by atoms with Gasteiger partial charge in [0.25, 0.3) is 10.1 Å². The Bertz CT molecular complexity index is 1450. The van der Waals surface area contributed by atoms with Crippen LogP contribution < -0.4 is 15.0 Å². The summed E-state index contributed by atoms with van der Waals surface area (Å²) in [6, 6.07) is 8.03. The van der Waals surface area contributed by atoms with E-state index < -0.39 is 88.3 Å². The summed E-state index contributed by atoms with van der Waals surface area (Å²) in [5.74, 6) is -5.89. The summed E-state index contributed by atoms with van der Waals surface area (Å²) in [6.45, 7) is 2.33. The van der Waals surface area contributed by atoms with Gasteiger partial charge >= 0.3 is 24.1 Å². The molecular weight excluding hydrogens is 684 g/mol. The van der Waals surface area contributed by atoms with Crippen molar-refractivity contribution in [2.24, 2.45) is 0 Å². The van der Waals surface area contributed by atoms with Crippen LogP contribution in [0.25, 0.3) is 0 Å². The molecule has 0 unspecified atom stereocenters. The largest absolute Gasteiger partial charge is 0.487 e. The second-order valence-electron chi connectivity index (χ2n) is 10.3. The molecule has 2 rings (SSSR count). The third kappa shape index (κ3) is 11.6. The van der Waals surface area contributed by atoms with Gasteiger partial charge in [-0.05, 0) is 38.8 Å². The molecule has 17 heteroatoms. The number of hydrogen-bond donors (Lipinski definition) is 1. The van der Waals surface area contributed by atoms with Crippen LogP contribution in [0, 0.1) is 5.82 Å². The van der Waals surface area contributed by atoms with E-state index in [-0.39, 0.29) is 16.0 Å². The first-order valence-corrected chi connectivity index (χ1v) is 15.3. The molecule has 0 aromatic heterocycles. The number of halogens is 5. The molecule has 0 heterocycles. The van der Waals surface area contributed by atoms with Gasteiger partial charge in [-0.1, -0.05) is 46.3 Å². The summed E-state index contributed by atoms with van der Waals surface area (Å²) in [7, 11) is -3.19. The van der Waals surface area contributed by atoms with E-state index in [9.17, 15) is 36.0 Å². The van der Waals surface area contributed by atoms with Crippen LogP contribution in [-0.4, -0.2) is 70.7 Å². The van der Waals surface area contributed by atoms with Gasteiger partial charge in [-0.25, -0.2) is 9.18 Å². The Balaban J connectivity index is 2.70. The first kappa shape index (κ1) is 36.8. The van der Waals surface area contributed by atoms with E-state index >= 15 is 4.39 Å². The van der Waals surface area contributed by atoms with E-state index in [4.69, 9.17) is 13.7 Å². The zero-order valence-electron chi connectivity index (χ0n) is 24.3. The maximum Gasteiger partial charge on any atom is 0.471 e. The van der Waals surface area contributed by atoms with Crippen molar-refractivity contribution in [3.05, 3.63) is 57.8 Å². The predicted octanol–water partition coefficient (Wildman–Crippen LogP) is 4.65. The first-order chi connectivity index (χ1) is 20.2. The van der Waals surface area contributed by atoms with Crippen LogP contribution in [0.1, 0.15) is 31.9 Å². The van der Waals surface area contributed by atoms with Crippen LogP contribution in [0.4, 0.5) is 28.0 Å². The molecule has 0 bridgehead atoms. The standard InChI is InChI=1S/C27H31BrF4N2O9S/c1-26(2,3)43-25(37)33-17(15-42-44(5,38)39)11-18-19(28)12-20(41-14-16-9-7-6-8-10-16)23(22(18)29)34(13-21(35)40-4)24(36)27(30,31)32/h6-10,12,17H,11,13-15H2,1-5H3,(H,33,37)/t17-/m0/s1. The highest BCUT2D eigenvalue weighted by Gasteiger charge is 2.46. The highest BCUT2D eigenvalue weighted by atomic mass is 79.9. The fourth-order valence-corrected chi connectivity index (χ4v) is 4.54. The minimum Gasteiger partial charge on any atom is -0.487 e. The van der Waals surface area contributed by atoms with E-state index in [2.05, 4.69) is 26.0 Å². The minimum atomic E-state index is -5.55. The number of anilines is 1. The predicted molar refractivity (Wildman–Crippen MR) is 153 cm³/mol.